The third-order valence-corrected chi connectivity index (χ3v) is 3.76. The normalized spacial score (nSPS) is 14.6. The molecule has 0 bridgehead atoms. The van der Waals surface area contributed by atoms with Crippen LogP contribution in [0.2, 0.25) is 0 Å². The summed E-state index contributed by atoms with van der Waals surface area (Å²) >= 11 is 0. The number of aryl methyl sites for hydroxylation is 1. The van der Waals surface area contributed by atoms with Gasteiger partial charge in [0, 0.05) is 40.3 Å². The molecular weight excluding hydrogens is 296 g/mol. The summed E-state index contributed by atoms with van der Waals surface area (Å²) in [5.74, 6) is 2.85. The number of hydrogen-bond donors (Lipinski definition) is 2. The zero-order valence-electron chi connectivity index (χ0n) is 14.2. The zero-order valence-corrected chi connectivity index (χ0v) is 14.2. The predicted octanol–water partition coefficient (Wildman–Crippen LogP) is 0.333. The molecule has 2 heterocycles. The largest absolute Gasteiger partial charge is 0.382 e. The van der Waals surface area contributed by atoms with Gasteiger partial charge in [0.25, 0.3) is 0 Å². The highest BCUT2D eigenvalue weighted by Crippen LogP contribution is 2.13. The molecule has 2 N–H and O–H groups in total. The van der Waals surface area contributed by atoms with Crippen molar-refractivity contribution >= 4 is 5.96 Å². The fourth-order valence-electron chi connectivity index (χ4n) is 2.51. The number of ether oxygens (including phenoxy) is 2. The molecule has 0 spiro atoms. The van der Waals surface area contributed by atoms with Gasteiger partial charge in [-0.1, -0.05) is 0 Å². The van der Waals surface area contributed by atoms with Crippen LogP contribution in [0.4, 0.5) is 0 Å². The molecule has 1 aromatic heterocycles. The fourth-order valence-corrected chi connectivity index (χ4v) is 2.51. The maximum Gasteiger partial charge on any atom is 0.191 e. The Kier molecular flexibility index (Phi) is 7.82. The van der Waals surface area contributed by atoms with Crippen LogP contribution < -0.4 is 10.6 Å². The van der Waals surface area contributed by atoms with Gasteiger partial charge in [0.2, 0.25) is 0 Å². The monoisotopic (exact) mass is 324 g/mol. The number of nitrogens with zero attached hydrogens (tertiary/aromatic N) is 4. The van der Waals surface area contributed by atoms with Crippen molar-refractivity contribution in [3.05, 3.63) is 11.6 Å². The van der Waals surface area contributed by atoms with E-state index in [1.807, 2.05) is 0 Å². The van der Waals surface area contributed by atoms with Gasteiger partial charge in [-0.25, -0.2) is 0 Å². The lowest BCUT2D eigenvalue weighted by molar-refractivity contribution is 0.0698. The summed E-state index contributed by atoms with van der Waals surface area (Å²) in [6.07, 6.45) is 4.36. The summed E-state index contributed by atoms with van der Waals surface area (Å²) in [5.41, 5.74) is 0. The predicted molar refractivity (Wildman–Crippen MR) is 88.5 cm³/mol. The lowest BCUT2D eigenvalue weighted by Gasteiger charge is -2.16. The zero-order chi connectivity index (χ0) is 16.3. The molecule has 0 radical (unpaired) electrons. The van der Waals surface area contributed by atoms with Crippen molar-refractivity contribution in [3.63, 3.8) is 0 Å². The first-order valence-electron chi connectivity index (χ1n) is 8.27. The van der Waals surface area contributed by atoms with E-state index in [1.165, 1.54) is 12.8 Å². The van der Waals surface area contributed by atoms with Crippen LogP contribution in [0.1, 0.15) is 30.9 Å². The molecule has 0 aromatic carbocycles. The molecule has 8 heteroatoms. The Bertz CT molecular complexity index is 488. The Labute approximate surface area is 137 Å². The van der Waals surface area contributed by atoms with Crippen LogP contribution in [0.15, 0.2) is 4.99 Å². The topological polar surface area (TPSA) is 85.6 Å². The number of fused-ring (bicyclic) bond motifs is 1. The van der Waals surface area contributed by atoms with E-state index in [-0.39, 0.29) is 0 Å². The summed E-state index contributed by atoms with van der Waals surface area (Å²) in [6.45, 7) is 4.46. The van der Waals surface area contributed by atoms with E-state index in [0.717, 1.165) is 43.5 Å². The standard InChI is InChI=1S/C15H28N6O2/c1-16-15(17-7-5-9-23-11-10-22-2)18-12-14-20-19-13-6-3-4-8-21(13)14/h3-12H2,1-2H3,(H2,16,17,18). The first-order valence-corrected chi connectivity index (χ1v) is 8.27. The quantitative estimate of drug-likeness (QED) is 0.387. The van der Waals surface area contributed by atoms with E-state index < -0.39 is 0 Å². The second-order valence-corrected chi connectivity index (χ2v) is 5.45. The van der Waals surface area contributed by atoms with Crippen LogP contribution in [0.3, 0.4) is 0 Å². The van der Waals surface area contributed by atoms with Gasteiger partial charge in [-0.2, -0.15) is 0 Å². The number of aliphatic imine (C=N–C) groups is 1. The van der Waals surface area contributed by atoms with Crippen molar-refractivity contribution < 1.29 is 9.47 Å². The maximum atomic E-state index is 5.42. The van der Waals surface area contributed by atoms with Crippen molar-refractivity contribution in [1.29, 1.82) is 0 Å². The van der Waals surface area contributed by atoms with Crippen LogP contribution >= 0.6 is 0 Å². The van der Waals surface area contributed by atoms with E-state index in [9.17, 15) is 0 Å². The van der Waals surface area contributed by atoms with Crippen molar-refractivity contribution in [2.24, 2.45) is 4.99 Å². The fraction of sp³-hybridized carbons (Fsp3) is 0.800. The summed E-state index contributed by atoms with van der Waals surface area (Å²) in [6, 6.07) is 0. The molecular formula is C15H28N6O2. The van der Waals surface area contributed by atoms with Gasteiger partial charge in [-0.3, -0.25) is 4.99 Å². The molecule has 0 unspecified atom stereocenters. The Morgan fingerprint density at radius 1 is 1.22 bits per heavy atom. The molecule has 1 aliphatic heterocycles. The molecule has 0 atom stereocenters. The highest BCUT2D eigenvalue weighted by atomic mass is 16.5. The van der Waals surface area contributed by atoms with E-state index >= 15 is 0 Å². The van der Waals surface area contributed by atoms with Gasteiger partial charge in [-0.15, -0.1) is 10.2 Å². The summed E-state index contributed by atoms with van der Waals surface area (Å²) in [4.78, 5) is 4.22. The van der Waals surface area contributed by atoms with Gasteiger partial charge in [0.05, 0.1) is 19.8 Å². The third kappa shape index (κ3) is 5.80. The first-order chi connectivity index (χ1) is 11.3. The SMILES string of the molecule is CN=C(NCCCOCCOC)NCc1nnc2n1CCCC2. The van der Waals surface area contributed by atoms with Crippen LogP contribution in [-0.2, 0) is 29.0 Å². The number of hydrogen-bond acceptors (Lipinski definition) is 5. The highest BCUT2D eigenvalue weighted by molar-refractivity contribution is 5.79. The van der Waals surface area contributed by atoms with E-state index in [1.54, 1.807) is 14.2 Å². The molecule has 1 aromatic rings. The Hall–Kier alpha value is -1.67. The molecule has 8 nitrogen and oxygen atoms in total. The van der Waals surface area contributed by atoms with Crippen molar-refractivity contribution in [2.45, 2.75) is 38.8 Å². The number of nitrogens with one attached hydrogen (secondary N) is 2. The molecule has 130 valence electrons. The van der Waals surface area contributed by atoms with Crippen LogP contribution in [0.25, 0.3) is 0 Å². The summed E-state index contributed by atoms with van der Waals surface area (Å²) < 4.78 is 12.6. The maximum absolute atomic E-state index is 5.42. The minimum atomic E-state index is 0.636. The molecule has 0 amide bonds. The summed E-state index contributed by atoms with van der Waals surface area (Å²) in [5, 5.41) is 15.1. The number of guanidine groups is 1. The lowest BCUT2D eigenvalue weighted by Crippen LogP contribution is -2.38. The molecule has 0 saturated carbocycles. The average Bonchev–Trinajstić information content (AvgIpc) is 3.00. The number of rotatable bonds is 9. The van der Waals surface area contributed by atoms with E-state index in [4.69, 9.17) is 9.47 Å². The lowest BCUT2D eigenvalue weighted by atomic mass is 10.2. The van der Waals surface area contributed by atoms with Crippen molar-refractivity contribution in [1.82, 2.24) is 25.4 Å². The van der Waals surface area contributed by atoms with Gasteiger partial charge in [0.15, 0.2) is 11.8 Å². The molecule has 0 fully saturated rings. The van der Waals surface area contributed by atoms with Crippen molar-refractivity contribution in [3.8, 4) is 0 Å². The van der Waals surface area contributed by atoms with Gasteiger partial charge < -0.3 is 24.7 Å². The molecule has 23 heavy (non-hydrogen) atoms. The summed E-state index contributed by atoms with van der Waals surface area (Å²) in [7, 11) is 3.44. The van der Waals surface area contributed by atoms with Crippen LogP contribution in [0, 0.1) is 0 Å². The average molecular weight is 324 g/mol. The first kappa shape index (κ1) is 17.7. The number of aromatic nitrogens is 3. The highest BCUT2D eigenvalue weighted by Gasteiger charge is 2.15. The smallest absolute Gasteiger partial charge is 0.191 e. The second kappa shape index (κ2) is 10.2. The van der Waals surface area contributed by atoms with Gasteiger partial charge >= 0.3 is 0 Å². The minimum Gasteiger partial charge on any atom is -0.382 e. The third-order valence-electron chi connectivity index (χ3n) is 3.76. The molecule has 2 rings (SSSR count). The van der Waals surface area contributed by atoms with Crippen LogP contribution in [-0.4, -0.2) is 61.2 Å². The van der Waals surface area contributed by atoms with E-state index in [0.29, 0.717) is 26.4 Å². The number of methoxy groups -OCH3 is 1. The van der Waals surface area contributed by atoms with Gasteiger partial charge in [0.1, 0.15) is 5.82 Å². The molecule has 0 aliphatic carbocycles. The second-order valence-electron chi connectivity index (χ2n) is 5.45. The van der Waals surface area contributed by atoms with Crippen LogP contribution in [0.5, 0.6) is 0 Å². The Balaban J connectivity index is 1.64. The van der Waals surface area contributed by atoms with Crippen molar-refractivity contribution in [2.75, 3.05) is 40.5 Å². The van der Waals surface area contributed by atoms with Gasteiger partial charge in [-0.05, 0) is 19.3 Å². The van der Waals surface area contributed by atoms with E-state index in [2.05, 4.69) is 30.4 Å². The Morgan fingerprint density at radius 3 is 2.96 bits per heavy atom. The Morgan fingerprint density at radius 2 is 2.13 bits per heavy atom. The molecule has 0 saturated heterocycles. The minimum absolute atomic E-state index is 0.636. The molecule has 1 aliphatic rings.